The summed E-state index contributed by atoms with van der Waals surface area (Å²) < 4.78 is 25.5. The predicted octanol–water partition coefficient (Wildman–Crippen LogP) is -0.199. The van der Waals surface area contributed by atoms with E-state index in [1.807, 2.05) is 0 Å². The fourth-order valence-corrected chi connectivity index (χ4v) is 2.60. The molecule has 0 saturated heterocycles. The molecule has 0 amide bonds. The number of hydrogen-bond donors (Lipinski definition) is 3. The van der Waals surface area contributed by atoms with Crippen molar-refractivity contribution in [3.05, 3.63) is 34.4 Å². The Balaban J connectivity index is 3.10. The van der Waals surface area contributed by atoms with Gasteiger partial charge in [0.05, 0.1) is 16.2 Å². The van der Waals surface area contributed by atoms with E-state index in [0.29, 0.717) is 0 Å². The summed E-state index contributed by atoms with van der Waals surface area (Å²) in [7, 11) is -4.40. The third kappa shape index (κ3) is 4.50. The maximum atomic E-state index is 11.9. The van der Waals surface area contributed by atoms with E-state index >= 15 is 0 Å². The first kappa shape index (κ1) is 16.5. The van der Waals surface area contributed by atoms with Crippen LogP contribution in [0.1, 0.15) is 6.42 Å². The molecule has 1 aromatic rings. The van der Waals surface area contributed by atoms with Gasteiger partial charge in [-0.1, -0.05) is 6.07 Å². The lowest BCUT2D eigenvalue weighted by Gasteiger charge is -2.12. The number of nitro benzene ring substituents is 1. The quantitative estimate of drug-likeness (QED) is 0.459. The van der Waals surface area contributed by atoms with Crippen molar-refractivity contribution in [2.75, 3.05) is 0 Å². The number of carboxylic acids is 2. The lowest BCUT2D eigenvalue weighted by Crippen LogP contribution is -2.42. The molecule has 114 valence electrons. The number of carboxylic acid groups (broad SMARTS) is 2. The lowest BCUT2D eigenvalue weighted by molar-refractivity contribution is -0.385. The van der Waals surface area contributed by atoms with E-state index in [1.165, 1.54) is 0 Å². The second-order valence-electron chi connectivity index (χ2n) is 3.86. The van der Waals surface area contributed by atoms with Crippen LogP contribution >= 0.6 is 0 Å². The Morgan fingerprint density at radius 1 is 1.33 bits per heavy atom. The smallest absolute Gasteiger partial charge is 0.322 e. The molecule has 1 rings (SSSR count). The Morgan fingerprint density at radius 3 is 2.43 bits per heavy atom. The average Bonchev–Trinajstić information content (AvgIpc) is 2.37. The van der Waals surface area contributed by atoms with Gasteiger partial charge in [0, 0.05) is 12.1 Å². The molecule has 11 heteroatoms. The summed E-state index contributed by atoms with van der Waals surface area (Å²) in [6, 6.07) is 2.05. The predicted molar refractivity (Wildman–Crippen MR) is 67.1 cm³/mol. The van der Waals surface area contributed by atoms with Crippen molar-refractivity contribution < 1.29 is 33.1 Å². The largest absolute Gasteiger partial charge is 0.481 e. The summed E-state index contributed by atoms with van der Waals surface area (Å²) in [5.41, 5.74) is -0.497. The third-order valence-corrected chi connectivity index (χ3v) is 3.78. The second kappa shape index (κ2) is 6.28. The number of carbonyl (C=O) groups is 2. The molecule has 0 aliphatic rings. The summed E-state index contributed by atoms with van der Waals surface area (Å²) in [5.74, 6) is -3.18. The topological polar surface area (TPSA) is 164 Å². The first-order valence-electron chi connectivity index (χ1n) is 5.35. The maximum Gasteiger partial charge on any atom is 0.322 e. The van der Waals surface area contributed by atoms with Gasteiger partial charge in [0.1, 0.15) is 6.04 Å². The Labute approximate surface area is 118 Å². The first-order valence-corrected chi connectivity index (χ1v) is 6.83. The third-order valence-electron chi connectivity index (χ3n) is 2.31. The van der Waals surface area contributed by atoms with E-state index in [2.05, 4.69) is 0 Å². The maximum absolute atomic E-state index is 11.9. The van der Waals surface area contributed by atoms with Gasteiger partial charge < -0.3 is 10.2 Å². The minimum Gasteiger partial charge on any atom is -0.481 e. The normalized spacial score (nSPS) is 12.6. The highest BCUT2D eigenvalue weighted by molar-refractivity contribution is 7.89. The van der Waals surface area contributed by atoms with Gasteiger partial charge in [0.2, 0.25) is 10.0 Å². The van der Waals surface area contributed by atoms with Crippen molar-refractivity contribution in [1.29, 1.82) is 0 Å². The molecule has 0 aliphatic carbocycles. The summed E-state index contributed by atoms with van der Waals surface area (Å²) in [5, 5.41) is 27.9. The molecule has 0 spiro atoms. The molecular weight excluding hydrogens is 308 g/mol. The molecule has 21 heavy (non-hydrogen) atoms. The van der Waals surface area contributed by atoms with E-state index in [1.54, 1.807) is 4.72 Å². The minimum absolute atomic E-state index is 0.497. The summed E-state index contributed by atoms with van der Waals surface area (Å²) >= 11 is 0. The van der Waals surface area contributed by atoms with Crippen molar-refractivity contribution in [3.63, 3.8) is 0 Å². The van der Waals surface area contributed by atoms with E-state index in [4.69, 9.17) is 10.2 Å². The van der Waals surface area contributed by atoms with Gasteiger partial charge in [0.15, 0.2) is 0 Å². The molecule has 0 saturated carbocycles. The number of non-ortho nitro benzene ring substituents is 1. The number of nitrogens with zero attached hydrogens (tertiary/aromatic N) is 1. The van der Waals surface area contributed by atoms with Crippen LogP contribution in [0.25, 0.3) is 0 Å². The van der Waals surface area contributed by atoms with Crippen LogP contribution in [0.2, 0.25) is 0 Å². The van der Waals surface area contributed by atoms with Crippen LogP contribution in [-0.4, -0.2) is 41.5 Å². The first-order chi connectivity index (χ1) is 9.63. The number of sulfonamides is 1. The van der Waals surface area contributed by atoms with Crippen LogP contribution in [-0.2, 0) is 19.6 Å². The van der Waals surface area contributed by atoms with Crippen molar-refractivity contribution >= 4 is 27.6 Å². The lowest BCUT2D eigenvalue weighted by atomic mass is 10.2. The molecule has 0 fully saturated rings. The van der Waals surface area contributed by atoms with Crippen molar-refractivity contribution in [3.8, 4) is 0 Å². The van der Waals surface area contributed by atoms with Crippen LogP contribution < -0.4 is 4.72 Å². The van der Waals surface area contributed by atoms with Gasteiger partial charge in [0.25, 0.3) is 5.69 Å². The minimum atomic E-state index is -4.40. The summed E-state index contributed by atoms with van der Waals surface area (Å²) in [6.07, 6.45) is -0.969. The van der Waals surface area contributed by atoms with Crippen LogP contribution in [0.3, 0.4) is 0 Å². The zero-order valence-corrected chi connectivity index (χ0v) is 11.1. The standard InChI is InChI=1S/C10H10N2O8S/c13-9(14)5-8(10(15)16)11-21(19,20)7-3-1-2-6(4-7)12(17)18/h1-4,8,11H,5H2,(H,13,14)(H,15,16). The highest BCUT2D eigenvalue weighted by atomic mass is 32.2. The van der Waals surface area contributed by atoms with Crippen molar-refractivity contribution in [1.82, 2.24) is 4.72 Å². The Bertz CT molecular complexity index is 684. The Hall–Kier alpha value is -2.53. The van der Waals surface area contributed by atoms with Crippen LogP contribution in [0.4, 0.5) is 5.69 Å². The van der Waals surface area contributed by atoms with Crippen LogP contribution in [0.15, 0.2) is 29.2 Å². The molecular formula is C10H10N2O8S. The van der Waals surface area contributed by atoms with Gasteiger partial charge in [-0.3, -0.25) is 19.7 Å². The fraction of sp³-hybridized carbons (Fsp3) is 0.200. The van der Waals surface area contributed by atoms with Crippen molar-refractivity contribution in [2.45, 2.75) is 17.4 Å². The van der Waals surface area contributed by atoms with Gasteiger partial charge in [-0.2, -0.15) is 4.72 Å². The summed E-state index contributed by atoms with van der Waals surface area (Å²) in [4.78, 5) is 30.5. The number of rotatable bonds is 7. The number of hydrogen-bond acceptors (Lipinski definition) is 6. The highest BCUT2D eigenvalue weighted by Crippen LogP contribution is 2.17. The molecule has 0 radical (unpaired) electrons. The van der Waals surface area contributed by atoms with E-state index < -0.39 is 49.9 Å². The van der Waals surface area contributed by atoms with Crippen molar-refractivity contribution in [2.24, 2.45) is 0 Å². The number of nitro groups is 1. The van der Waals surface area contributed by atoms with Gasteiger partial charge in [-0.15, -0.1) is 0 Å². The highest BCUT2D eigenvalue weighted by Gasteiger charge is 2.28. The molecule has 1 unspecified atom stereocenters. The number of aliphatic carboxylic acids is 2. The van der Waals surface area contributed by atoms with E-state index in [0.717, 1.165) is 24.3 Å². The average molecular weight is 318 g/mol. The molecule has 0 aromatic heterocycles. The molecule has 1 aromatic carbocycles. The van der Waals surface area contributed by atoms with Crippen LogP contribution in [0, 0.1) is 10.1 Å². The molecule has 1 atom stereocenters. The van der Waals surface area contributed by atoms with Crippen LogP contribution in [0.5, 0.6) is 0 Å². The molecule has 10 nitrogen and oxygen atoms in total. The Morgan fingerprint density at radius 2 is 1.95 bits per heavy atom. The Kier molecular flexibility index (Phi) is 4.94. The van der Waals surface area contributed by atoms with E-state index in [9.17, 15) is 28.1 Å². The fourth-order valence-electron chi connectivity index (χ4n) is 1.37. The summed E-state index contributed by atoms with van der Waals surface area (Å²) in [6.45, 7) is 0. The van der Waals surface area contributed by atoms with Gasteiger partial charge in [-0.25, -0.2) is 8.42 Å². The number of benzene rings is 1. The molecule has 0 heterocycles. The SMILES string of the molecule is O=C(O)CC(NS(=O)(=O)c1cccc([N+](=O)[O-])c1)C(=O)O. The number of nitrogens with one attached hydrogen (secondary N) is 1. The zero-order valence-electron chi connectivity index (χ0n) is 10.3. The molecule has 3 N–H and O–H groups in total. The second-order valence-corrected chi connectivity index (χ2v) is 5.58. The van der Waals surface area contributed by atoms with Gasteiger partial charge in [-0.05, 0) is 6.07 Å². The van der Waals surface area contributed by atoms with E-state index in [-0.39, 0.29) is 0 Å². The zero-order chi connectivity index (χ0) is 16.2. The molecule has 0 aliphatic heterocycles. The monoisotopic (exact) mass is 318 g/mol. The van der Waals surface area contributed by atoms with Gasteiger partial charge >= 0.3 is 11.9 Å². The molecule has 0 bridgehead atoms.